The van der Waals surface area contributed by atoms with E-state index in [2.05, 4.69) is 10.3 Å². The summed E-state index contributed by atoms with van der Waals surface area (Å²) in [4.78, 5) is 16.2. The van der Waals surface area contributed by atoms with Crippen molar-refractivity contribution in [2.24, 2.45) is 0 Å². The number of carbonyl (C=O) groups excluding carboxylic acids is 1. The molecule has 1 unspecified atom stereocenters. The Morgan fingerprint density at radius 2 is 1.95 bits per heavy atom. The molecule has 4 nitrogen and oxygen atoms in total. The molecule has 1 aromatic heterocycles. The number of hydrogen-bond donors (Lipinski definition) is 2. The molecule has 0 aliphatic carbocycles. The van der Waals surface area contributed by atoms with Crippen molar-refractivity contribution in [2.75, 3.05) is 6.61 Å². The highest BCUT2D eigenvalue weighted by Gasteiger charge is 2.28. The number of aromatic nitrogens is 1. The summed E-state index contributed by atoms with van der Waals surface area (Å²) in [5.41, 5.74) is 0.161. The minimum absolute atomic E-state index is 0.216. The molecule has 0 saturated carbocycles. The lowest BCUT2D eigenvalue weighted by atomic mass is 9.92. The first-order valence-corrected chi connectivity index (χ1v) is 6.54. The van der Waals surface area contributed by atoms with Gasteiger partial charge in [-0.05, 0) is 24.6 Å². The standard InChI is InChI=1S/C15H15ClN2O2/c1-15(10-19,11-6-3-2-4-7-11)18-14(20)12-8-5-9-13(16)17-12/h2-9,19H,10H2,1H3,(H,18,20). The SMILES string of the molecule is CC(CO)(NC(=O)c1cccc(Cl)n1)c1ccccc1. The van der Waals surface area contributed by atoms with Crippen molar-refractivity contribution in [3.63, 3.8) is 0 Å². The lowest BCUT2D eigenvalue weighted by molar-refractivity contribution is 0.0844. The van der Waals surface area contributed by atoms with Crippen molar-refractivity contribution in [1.82, 2.24) is 10.3 Å². The van der Waals surface area contributed by atoms with E-state index in [0.717, 1.165) is 5.56 Å². The lowest BCUT2D eigenvalue weighted by Gasteiger charge is -2.29. The maximum atomic E-state index is 12.2. The van der Waals surface area contributed by atoms with E-state index in [4.69, 9.17) is 11.6 Å². The van der Waals surface area contributed by atoms with E-state index in [-0.39, 0.29) is 23.4 Å². The highest BCUT2D eigenvalue weighted by molar-refractivity contribution is 6.29. The molecule has 1 atom stereocenters. The second-order valence-corrected chi connectivity index (χ2v) is 5.04. The fraction of sp³-hybridized carbons (Fsp3) is 0.200. The van der Waals surface area contributed by atoms with Gasteiger partial charge in [0, 0.05) is 0 Å². The largest absolute Gasteiger partial charge is 0.394 e. The Morgan fingerprint density at radius 1 is 1.25 bits per heavy atom. The van der Waals surface area contributed by atoms with Crippen LogP contribution in [0.5, 0.6) is 0 Å². The van der Waals surface area contributed by atoms with Gasteiger partial charge in [0.2, 0.25) is 0 Å². The Morgan fingerprint density at radius 3 is 2.55 bits per heavy atom. The van der Waals surface area contributed by atoms with Crippen LogP contribution in [-0.2, 0) is 5.54 Å². The van der Waals surface area contributed by atoms with Gasteiger partial charge >= 0.3 is 0 Å². The number of nitrogens with one attached hydrogen (secondary N) is 1. The predicted molar refractivity (Wildman–Crippen MR) is 77.6 cm³/mol. The number of benzene rings is 1. The monoisotopic (exact) mass is 290 g/mol. The Hall–Kier alpha value is -1.91. The molecular weight excluding hydrogens is 276 g/mol. The van der Waals surface area contributed by atoms with Crippen molar-refractivity contribution >= 4 is 17.5 Å². The lowest BCUT2D eigenvalue weighted by Crippen LogP contribution is -2.46. The molecule has 0 radical (unpaired) electrons. The van der Waals surface area contributed by atoms with Crippen LogP contribution in [0.25, 0.3) is 0 Å². The zero-order valence-electron chi connectivity index (χ0n) is 11.0. The van der Waals surface area contributed by atoms with E-state index in [1.165, 1.54) is 0 Å². The second kappa shape index (κ2) is 6.03. The van der Waals surface area contributed by atoms with Gasteiger partial charge in [0.25, 0.3) is 5.91 Å². The molecule has 2 aromatic rings. The third kappa shape index (κ3) is 3.15. The van der Waals surface area contributed by atoms with E-state index in [1.54, 1.807) is 25.1 Å². The summed E-state index contributed by atoms with van der Waals surface area (Å²) in [7, 11) is 0. The van der Waals surface area contributed by atoms with Gasteiger partial charge in [-0.1, -0.05) is 48.0 Å². The highest BCUT2D eigenvalue weighted by Crippen LogP contribution is 2.20. The van der Waals surface area contributed by atoms with Gasteiger partial charge in [0.15, 0.2) is 0 Å². The van der Waals surface area contributed by atoms with Gasteiger partial charge in [0.05, 0.1) is 12.1 Å². The molecule has 0 saturated heterocycles. The van der Waals surface area contributed by atoms with E-state index >= 15 is 0 Å². The van der Waals surface area contributed by atoms with Crippen molar-refractivity contribution < 1.29 is 9.90 Å². The van der Waals surface area contributed by atoms with Crippen molar-refractivity contribution in [1.29, 1.82) is 0 Å². The highest BCUT2D eigenvalue weighted by atomic mass is 35.5. The average molecular weight is 291 g/mol. The summed E-state index contributed by atoms with van der Waals surface area (Å²) < 4.78 is 0. The van der Waals surface area contributed by atoms with Gasteiger partial charge in [-0.25, -0.2) is 4.98 Å². The van der Waals surface area contributed by atoms with E-state index < -0.39 is 5.54 Å². The third-order valence-electron chi connectivity index (χ3n) is 3.06. The fourth-order valence-electron chi connectivity index (χ4n) is 1.86. The van der Waals surface area contributed by atoms with Crippen LogP contribution in [0, 0.1) is 0 Å². The zero-order valence-corrected chi connectivity index (χ0v) is 11.8. The first kappa shape index (κ1) is 14.5. The summed E-state index contributed by atoms with van der Waals surface area (Å²) in [6, 6.07) is 14.1. The minimum Gasteiger partial charge on any atom is -0.394 e. The van der Waals surface area contributed by atoms with Crippen LogP contribution in [0.2, 0.25) is 5.15 Å². The summed E-state index contributed by atoms with van der Waals surface area (Å²) in [6.45, 7) is 1.54. The molecule has 0 fully saturated rings. The molecule has 2 N–H and O–H groups in total. The third-order valence-corrected chi connectivity index (χ3v) is 3.27. The topological polar surface area (TPSA) is 62.2 Å². The quantitative estimate of drug-likeness (QED) is 0.850. The predicted octanol–water partition coefficient (Wildman–Crippen LogP) is 2.37. The van der Waals surface area contributed by atoms with E-state index in [0.29, 0.717) is 0 Å². The summed E-state index contributed by atoms with van der Waals surface area (Å²) in [5.74, 6) is -0.382. The van der Waals surface area contributed by atoms with E-state index in [1.807, 2.05) is 30.3 Å². The number of halogens is 1. The molecule has 5 heteroatoms. The normalized spacial score (nSPS) is 13.6. The number of nitrogens with zero attached hydrogens (tertiary/aromatic N) is 1. The molecule has 1 amide bonds. The molecule has 1 aromatic carbocycles. The van der Waals surface area contributed by atoms with Gasteiger partial charge < -0.3 is 10.4 Å². The van der Waals surface area contributed by atoms with Crippen molar-refractivity contribution in [3.05, 3.63) is 64.9 Å². The fourth-order valence-corrected chi connectivity index (χ4v) is 2.02. The Balaban J connectivity index is 2.24. The molecule has 0 bridgehead atoms. The van der Waals surface area contributed by atoms with Gasteiger partial charge in [-0.15, -0.1) is 0 Å². The molecule has 0 aliphatic rings. The number of aliphatic hydroxyl groups excluding tert-OH is 1. The van der Waals surface area contributed by atoms with Crippen LogP contribution in [0.4, 0.5) is 0 Å². The number of rotatable bonds is 4. The Kier molecular flexibility index (Phi) is 4.37. The van der Waals surface area contributed by atoms with Crippen molar-refractivity contribution in [2.45, 2.75) is 12.5 Å². The summed E-state index contributed by atoms with van der Waals surface area (Å²) in [5, 5.41) is 12.7. The smallest absolute Gasteiger partial charge is 0.270 e. The van der Waals surface area contributed by atoms with Crippen LogP contribution >= 0.6 is 11.6 Å². The van der Waals surface area contributed by atoms with Crippen LogP contribution in [-0.4, -0.2) is 22.6 Å². The molecule has 20 heavy (non-hydrogen) atoms. The Bertz CT molecular complexity index is 604. The number of hydrogen-bond acceptors (Lipinski definition) is 3. The van der Waals surface area contributed by atoms with Crippen LogP contribution in [0.3, 0.4) is 0 Å². The number of carbonyl (C=O) groups is 1. The molecule has 1 heterocycles. The van der Waals surface area contributed by atoms with E-state index in [9.17, 15) is 9.90 Å². The number of amides is 1. The molecule has 0 aliphatic heterocycles. The van der Waals surface area contributed by atoms with Crippen LogP contribution in [0.15, 0.2) is 48.5 Å². The number of aliphatic hydroxyl groups is 1. The molecular formula is C15H15ClN2O2. The number of pyridine rings is 1. The maximum Gasteiger partial charge on any atom is 0.270 e. The van der Waals surface area contributed by atoms with Gasteiger partial charge in [-0.2, -0.15) is 0 Å². The summed E-state index contributed by atoms with van der Waals surface area (Å²) in [6.07, 6.45) is 0. The first-order valence-electron chi connectivity index (χ1n) is 6.16. The second-order valence-electron chi connectivity index (χ2n) is 4.66. The van der Waals surface area contributed by atoms with Gasteiger partial charge in [-0.3, -0.25) is 4.79 Å². The molecule has 0 spiro atoms. The maximum absolute atomic E-state index is 12.2. The average Bonchev–Trinajstić information content (AvgIpc) is 2.48. The minimum atomic E-state index is -0.873. The van der Waals surface area contributed by atoms with Gasteiger partial charge in [0.1, 0.15) is 10.8 Å². The molecule has 2 rings (SSSR count). The summed E-state index contributed by atoms with van der Waals surface area (Å²) >= 11 is 5.77. The van der Waals surface area contributed by atoms with Crippen LogP contribution < -0.4 is 5.32 Å². The Labute approximate surface area is 122 Å². The first-order chi connectivity index (χ1) is 9.55. The van der Waals surface area contributed by atoms with Crippen molar-refractivity contribution in [3.8, 4) is 0 Å². The zero-order chi connectivity index (χ0) is 14.6. The molecule has 104 valence electrons. The van der Waals surface area contributed by atoms with Crippen LogP contribution in [0.1, 0.15) is 23.0 Å².